The lowest BCUT2D eigenvalue weighted by Crippen LogP contribution is -2.52. The quantitative estimate of drug-likeness (QED) is 0.837. The van der Waals surface area contributed by atoms with Crippen molar-refractivity contribution in [2.24, 2.45) is 0 Å². The van der Waals surface area contributed by atoms with Gasteiger partial charge in [0, 0.05) is 5.54 Å². The van der Waals surface area contributed by atoms with E-state index in [0.717, 1.165) is 25.9 Å². The first-order chi connectivity index (χ1) is 9.62. The molecule has 3 nitrogen and oxygen atoms in total. The van der Waals surface area contributed by atoms with E-state index in [9.17, 15) is 8.42 Å². The Morgan fingerprint density at radius 1 is 0.905 bits per heavy atom. The fraction of sp³-hybridized carbons (Fsp3) is 0.625. The van der Waals surface area contributed by atoms with Crippen molar-refractivity contribution in [1.82, 2.24) is 4.90 Å². The maximum Gasteiger partial charge on any atom is 0.150 e. The van der Waals surface area contributed by atoms with Crippen LogP contribution in [0.3, 0.4) is 0 Å². The van der Waals surface area contributed by atoms with Crippen LogP contribution in [0.1, 0.15) is 37.7 Å². The summed E-state index contributed by atoms with van der Waals surface area (Å²) in [5.41, 5.74) is 1.25. The Morgan fingerprint density at radius 3 is 2.05 bits per heavy atom. The van der Waals surface area contributed by atoms with Crippen molar-refractivity contribution in [3.63, 3.8) is 0 Å². The molecular weight excluding hydrogens is 306 g/mol. The highest BCUT2D eigenvalue weighted by atomic mass is 35.5. The predicted molar refractivity (Wildman–Crippen MR) is 88.7 cm³/mol. The van der Waals surface area contributed by atoms with E-state index in [1.807, 2.05) is 6.07 Å². The van der Waals surface area contributed by atoms with E-state index in [2.05, 4.69) is 29.2 Å². The molecule has 0 aromatic heterocycles. The first-order valence-electron chi connectivity index (χ1n) is 7.63. The molecule has 0 unspecified atom stereocenters. The van der Waals surface area contributed by atoms with E-state index in [4.69, 9.17) is 0 Å². The Kier molecular flexibility index (Phi) is 5.33. The zero-order chi connectivity index (χ0) is 14.1. The topological polar surface area (TPSA) is 37.4 Å². The first-order valence-corrected chi connectivity index (χ1v) is 9.46. The number of sulfone groups is 1. The van der Waals surface area contributed by atoms with Crippen molar-refractivity contribution in [2.45, 2.75) is 37.6 Å². The summed E-state index contributed by atoms with van der Waals surface area (Å²) in [4.78, 5) is 2.56. The second-order valence-corrected chi connectivity index (χ2v) is 8.40. The monoisotopic (exact) mass is 329 g/mol. The van der Waals surface area contributed by atoms with Gasteiger partial charge in [-0.15, -0.1) is 12.4 Å². The largest absolute Gasteiger partial charge is 0.294 e. The minimum absolute atomic E-state index is 0. The van der Waals surface area contributed by atoms with Crippen LogP contribution >= 0.6 is 12.4 Å². The lowest BCUT2D eigenvalue weighted by atomic mass is 9.81. The third kappa shape index (κ3) is 3.43. The predicted octanol–water partition coefficient (Wildman–Crippen LogP) is 3.00. The molecule has 2 fully saturated rings. The summed E-state index contributed by atoms with van der Waals surface area (Å²) in [7, 11) is -2.83. The summed E-state index contributed by atoms with van der Waals surface area (Å²) in [6.07, 6.45) is 5.28. The van der Waals surface area contributed by atoms with Crippen molar-refractivity contribution >= 4 is 22.2 Å². The van der Waals surface area contributed by atoms with Crippen LogP contribution in [0.2, 0.25) is 0 Å². The highest BCUT2D eigenvalue weighted by Gasteiger charge is 2.43. The molecule has 3 rings (SSSR count). The molecule has 1 aromatic carbocycles. The summed E-state index contributed by atoms with van der Waals surface area (Å²) in [5.74, 6) is 0.663. The molecule has 2 aliphatic heterocycles. The minimum atomic E-state index is -2.83. The second-order valence-electron chi connectivity index (χ2n) is 6.10. The zero-order valence-electron chi connectivity index (χ0n) is 12.3. The van der Waals surface area contributed by atoms with Gasteiger partial charge in [0.05, 0.1) is 11.5 Å². The SMILES string of the molecule is Cl.O=S1(=O)CCC(c2ccccc2)(N2CCCCC2)CC1. The number of hydrogen-bond acceptors (Lipinski definition) is 3. The van der Waals surface area contributed by atoms with E-state index in [0.29, 0.717) is 11.5 Å². The first kappa shape index (κ1) is 16.8. The molecule has 5 heteroatoms. The van der Waals surface area contributed by atoms with Gasteiger partial charge < -0.3 is 0 Å². The smallest absolute Gasteiger partial charge is 0.150 e. The summed E-state index contributed by atoms with van der Waals surface area (Å²) in [6, 6.07) is 10.5. The molecule has 2 saturated heterocycles. The van der Waals surface area contributed by atoms with Crippen LogP contribution < -0.4 is 0 Å². The molecule has 0 spiro atoms. The normalized spacial score (nSPS) is 25.0. The third-order valence-corrected chi connectivity index (χ3v) is 6.58. The molecule has 0 saturated carbocycles. The Bertz CT molecular complexity index is 539. The Morgan fingerprint density at radius 2 is 1.48 bits per heavy atom. The number of hydrogen-bond donors (Lipinski definition) is 0. The zero-order valence-corrected chi connectivity index (χ0v) is 14.0. The van der Waals surface area contributed by atoms with Crippen LogP contribution in [0.5, 0.6) is 0 Å². The summed E-state index contributed by atoms with van der Waals surface area (Å²) in [6.45, 7) is 2.21. The molecule has 2 heterocycles. The van der Waals surface area contributed by atoms with Gasteiger partial charge in [0.25, 0.3) is 0 Å². The fourth-order valence-electron chi connectivity index (χ4n) is 3.73. The molecule has 0 bridgehead atoms. The Hall–Kier alpha value is -0.580. The highest BCUT2D eigenvalue weighted by Crippen LogP contribution is 2.40. The fourth-order valence-corrected chi connectivity index (χ4v) is 5.24. The van der Waals surface area contributed by atoms with Gasteiger partial charge in [0.1, 0.15) is 9.84 Å². The summed E-state index contributed by atoms with van der Waals surface area (Å²) in [5, 5.41) is 0. The molecule has 21 heavy (non-hydrogen) atoms. The standard InChI is InChI=1S/C16H23NO2S.ClH/c18-20(19)13-9-16(10-14-20,15-7-3-1-4-8-15)17-11-5-2-6-12-17;/h1,3-4,7-8H,2,5-6,9-14H2;1H. The average molecular weight is 330 g/mol. The van der Waals surface area contributed by atoms with E-state index in [1.165, 1.54) is 24.8 Å². The summed E-state index contributed by atoms with van der Waals surface area (Å²) >= 11 is 0. The van der Waals surface area contributed by atoms with Gasteiger partial charge in [0.2, 0.25) is 0 Å². The van der Waals surface area contributed by atoms with Crippen molar-refractivity contribution < 1.29 is 8.42 Å². The van der Waals surface area contributed by atoms with Gasteiger partial charge in [-0.05, 0) is 44.3 Å². The number of benzene rings is 1. The molecule has 0 amide bonds. The Labute approximate surface area is 134 Å². The van der Waals surface area contributed by atoms with Crippen LogP contribution in [-0.2, 0) is 15.4 Å². The number of likely N-dealkylation sites (tertiary alicyclic amines) is 1. The van der Waals surface area contributed by atoms with Crippen molar-refractivity contribution in [2.75, 3.05) is 24.6 Å². The number of nitrogens with zero attached hydrogens (tertiary/aromatic N) is 1. The van der Waals surface area contributed by atoms with Crippen molar-refractivity contribution in [3.05, 3.63) is 35.9 Å². The molecule has 0 radical (unpaired) electrons. The van der Waals surface area contributed by atoms with E-state index >= 15 is 0 Å². The number of rotatable bonds is 2. The molecule has 2 aliphatic rings. The van der Waals surface area contributed by atoms with Gasteiger partial charge in [-0.2, -0.15) is 0 Å². The van der Waals surface area contributed by atoms with Crippen molar-refractivity contribution in [1.29, 1.82) is 0 Å². The molecule has 1 aromatic rings. The van der Waals surface area contributed by atoms with E-state index in [1.54, 1.807) is 0 Å². The van der Waals surface area contributed by atoms with Crippen LogP contribution in [0.15, 0.2) is 30.3 Å². The van der Waals surface area contributed by atoms with Gasteiger partial charge in [-0.1, -0.05) is 36.8 Å². The van der Waals surface area contributed by atoms with Gasteiger partial charge in [-0.3, -0.25) is 4.90 Å². The molecule has 0 aliphatic carbocycles. The lowest BCUT2D eigenvalue weighted by molar-refractivity contribution is 0.0538. The van der Waals surface area contributed by atoms with Crippen molar-refractivity contribution in [3.8, 4) is 0 Å². The van der Waals surface area contributed by atoms with Crippen LogP contribution in [0.4, 0.5) is 0 Å². The minimum Gasteiger partial charge on any atom is -0.294 e. The van der Waals surface area contributed by atoms with Crippen LogP contribution in [0.25, 0.3) is 0 Å². The second kappa shape index (κ2) is 6.67. The number of piperidine rings is 1. The maximum absolute atomic E-state index is 11.8. The maximum atomic E-state index is 11.8. The molecule has 0 N–H and O–H groups in total. The lowest BCUT2D eigenvalue weighted by Gasteiger charge is -2.48. The van der Waals surface area contributed by atoms with Crippen LogP contribution in [-0.4, -0.2) is 37.9 Å². The van der Waals surface area contributed by atoms with Crippen LogP contribution in [0, 0.1) is 0 Å². The van der Waals surface area contributed by atoms with Gasteiger partial charge in [0.15, 0.2) is 0 Å². The average Bonchev–Trinajstić information content (AvgIpc) is 2.50. The molecular formula is C16H24ClNO2S. The van der Waals surface area contributed by atoms with Gasteiger partial charge >= 0.3 is 0 Å². The summed E-state index contributed by atoms with van der Waals surface area (Å²) < 4.78 is 23.7. The van der Waals surface area contributed by atoms with E-state index < -0.39 is 9.84 Å². The third-order valence-electron chi connectivity index (χ3n) is 4.93. The molecule has 0 atom stereocenters. The van der Waals surface area contributed by atoms with E-state index in [-0.39, 0.29) is 17.9 Å². The number of halogens is 1. The highest BCUT2D eigenvalue weighted by molar-refractivity contribution is 7.91. The Balaban J connectivity index is 0.00000161. The van der Waals surface area contributed by atoms with Gasteiger partial charge in [-0.25, -0.2) is 8.42 Å². The molecule has 118 valence electrons.